The number of allylic oxidation sites excluding steroid dienone is 19. The lowest BCUT2D eigenvalue weighted by Crippen LogP contribution is -2.61. The Labute approximate surface area is 506 Å². The Morgan fingerprint density at radius 1 is 0.482 bits per heavy atom. The summed E-state index contributed by atoms with van der Waals surface area (Å²) in [5.74, 6) is -1.24. The Morgan fingerprint density at radius 3 is 1.33 bits per heavy atom. The van der Waals surface area contributed by atoms with Crippen LogP contribution in [0.3, 0.4) is 0 Å². The average molecular weight is 1160 g/mol. The van der Waals surface area contributed by atoms with Gasteiger partial charge in [-0.2, -0.15) is 0 Å². The monoisotopic (exact) mass is 1160 g/mol. The van der Waals surface area contributed by atoms with E-state index < -0.39 is 67.4 Å². The first-order valence-electron chi connectivity index (χ1n) is 33.3. The quantitative estimate of drug-likeness (QED) is 0.0195. The Balaban J connectivity index is 2.68. The van der Waals surface area contributed by atoms with E-state index in [1.54, 1.807) is 6.08 Å². The number of unbranched alkanes of at least 4 members (excludes halogenated alkanes) is 23. The van der Waals surface area contributed by atoms with Crippen molar-refractivity contribution in [3.63, 3.8) is 0 Å². The largest absolute Gasteiger partial charge is 0.454 e. The van der Waals surface area contributed by atoms with E-state index in [-0.39, 0.29) is 19.4 Å². The summed E-state index contributed by atoms with van der Waals surface area (Å²) in [4.78, 5) is 26.6. The maximum atomic E-state index is 13.5. The van der Waals surface area contributed by atoms with E-state index >= 15 is 0 Å². The van der Waals surface area contributed by atoms with Crippen LogP contribution in [0.25, 0.3) is 0 Å². The zero-order chi connectivity index (χ0) is 60.3. The van der Waals surface area contributed by atoms with Crippen LogP contribution in [0.4, 0.5) is 0 Å². The molecule has 0 bridgehead atoms. The molecule has 1 aliphatic rings. The smallest absolute Gasteiger partial charge is 0.306 e. The molecule has 0 saturated carbocycles. The summed E-state index contributed by atoms with van der Waals surface area (Å²) in [6, 6.07) is -1.05. The molecule has 0 aromatic carbocycles. The fourth-order valence-electron chi connectivity index (χ4n) is 9.60. The maximum Gasteiger partial charge on any atom is 0.306 e. The standard InChI is InChI=1S/C72H121NO10/c1-4-7-10-13-16-19-22-25-27-29-31-32-33-34-35-37-39-42-45-48-51-54-57-60-67(77)83-70-69(79)68(78)66(61-74)82-72(70)81-62-63(64(75)58-55-52-49-46-43-40-24-21-18-15-12-9-6-3)73-71(80)65(76)59-56-53-50-47-44-41-38-36-30-28-26-23-20-17-14-11-8-5-2/h7,10,16-17,19-20,25-28,31-32,34-36,38-39,42,55,58,63-66,68-70,72,74-76,78-79H,4-6,8-9,11-15,18,21-24,29-30,33,37,40-41,43-54,56-57,59-62H2,1-3H3,(H,73,80)/b10-7-,19-16-,20-17-,27-25-,28-26-,32-31-,35-34-,38-36-,42-39-,58-55+. The molecule has 1 fully saturated rings. The SMILES string of the molecule is CC/C=C\C/C=C\C/C=C\C/C=C\C/C=C\C/C=C\CCCCCCC(=O)OC1C(OCC(NC(=O)C(O)CCCCCCC/C=C\C/C=C\C/C=C\CCCCC)C(O)/C=C/CCCCCCCCCCCCC)OC(CO)C(O)C1O. The van der Waals surface area contributed by atoms with Gasteiger partial charge in [-0.25, -0.2) is 0 Å². The van der Waals surface area contributed by atoms with Gasteiger partial charge in [0.2, 0.25) is 5.91 Å². The topological polar surface area (TPSA) is 175 Å². The van der Waals surface area contributed by atoms with Gasteiger partial charge in [-0.1, -0.05) is 258 Å². The highest BCUT2D eigenvalue weighted by molar-refractivity contribution is 5.80. The van der Waals surface area contributed by atoms with Gasteiger partial charge in [0.1, 0.15) is 24.4 Å². The van der Waals surface area contributed by atoms with Crippen LogP contribution in [0.15, 0.2) is 122 Å². The van der Waals surface area contributed by atoms with Crippen LogP contribution < -0.4 is 5.32 Å². The number of esters is 1. The van der Waals surface area contributed by atoms with Gasteiger partial charge in [-0.15, -0.1) is 0 Å². The second-order valence-electron chi connectivity index (χ2n) is 22.5. The van der Waals surface area contributed by atoms with E-state index in [0.29, 0.717) is 12.8 Å². The first-order chi connectivity index (χ1) is 40.7. The number of carbonyl (C=O) groups is 2. The minimum Gasteiger partial charge on any atom is -0.454 e. The third-order valence-corrected chi connectivity index (χ3v) is 14.8. The molecule has 11 nitrogen and oxygen atoms in total. The molecule has 474 valence electrons. The van der Waals surface area contributed by atoms with Gasteiger partial charge >= 0.3 is 5.97 Å². The highest BCUT2D eigenvalue weighted by atomic mass is 16.7. The lowest BCUT2D eigenvalue weighted by atomic mass is 9.99. The minimum absolute atomic E-state index is 0.0852. The van der Waals surface area contributed by atoms with Crippen LogP contribution in [0, 0.1) is 0 Å². The number of ether oxygens (including phenoxy) is 3. The number of rotatable bonds is 55. The number of amides is 1. The predicted molar refractivity (Wildman–Crippen MR) is 347 cm³/mol. The molecule has 0 radical (unpaired) electrons. The number of aliphatic hydroxyl groups is 5. The highest BCUT2D eigenvalue weighted by Crippen LogP contribution is 2.26. The van der Waals surface area contributed by atoms with Crippen molar-refractivity contribution in [3.05, 3.63) is 122 Å². The molecule has 0 spiro atoms. The molecule has 1 aliphatic heterocycles. The van der Waals surface area contributed by atoms with Crippen LogP contribution >= 0.6 is 0 Å². The van der Waals surface area contributed by atoms with Crippen molar-refractivity contribution in [2.75, 3.05) is 13.2 Å². The van der Waals surface area contributed by atoms with Crippen molar-refractivity contribution in [2.45, 2.75) is 307 Å². The summed E-state index contributed by atoms with van der Waals surface area (Å²) in [6.07, 6.45) is 70.8. The number of carbonyl (C=O) groups excluding carboxylic acids is 2. The molecule has 1 heterocycles. The van der Waals surface area contributed by atoms with Gasteiger partial charge in [-0.05, 0) is 116 Å². The van der Waals surface area contributed by atoms with Gasteiger partial charge in [0.15, 0.2) is 12.4 Å². The second-order valence-corrected chi connectivity index (χ2v) is 22.5. The zero-order valence-corrected chi connectivity index (χ0v) is 52.5. The van der Waals surface area contributed by atoms with Gasteiger partial charge < -0.3 is 45.1 Å². The summed E-state index contributed by atoms with van der Waals surface area (Å²) in [7, 11) is 0. The van der Waals surface area contributed by atoms with Gasteiger partial charge in [-0.3, -0.25) is 9.59 Å². The number of nitrogens with one attached hydrogen (secondary N) is 1. The molecule has 8 unspecified atom stereocenters. The average Bonchev–Trinajstić information content (AvgIpc) is 3.50. The Hall–Kier alpha value is -3.94. The summed E-state index contributed by atoms with van der Waals surface area (Å²) in [5, 5.41) is 57.1. The van der Waals surface area contributed by atoms with E-state index in [0.717, 1.165) is 135 Å². The van der Waals surface area contributed by atoms with Crippen molar-refractivity contribution in [2.24, 2.45) is 0 Å². The Kier molecular flexibility index (Phi) is 54.3. The number of hydrogen-bond acceptors (Lipinski definition) is 10. The second kappa shape index (κ2) is 58.4. The van der Waals surface area contributed by atoms with Gasteiger partial charge in [0, 0.05) is 6.42 Å². The van der Waals surface area contributed by atoms with Gasteiger partial charge in [0.05, 0.1) is 25.4 Å². The van der Waals surface area contributed by atoms with E-state index in [9.17, 15) is 35.1 Å². The van der Waals surface area contributed by atoms with Crippen LogP contribution in [0.1, 0.15) is 258 Å². The molecule has 83 heavy (non-hydrogen) atoms. The van der Waals surface area contributed by atoms with Crippen molar-refractivity contribution in [1.82, 2.24) is 5.32 Å². The molecule has 1 saturated heterocycles. The molecular weight excluding hydrogens is 1040 g/mol. The molecule has 0 aromatic heterocycles. The Bertz CT molecular complexity index is 1810. The van der Waals surface area contributed by atoms with Crippen molar-refractivity contribution < 1.29 is 49.3 Å². The zero-order valence-electron chi connectivity index (χ0n) is 52.5. The van der Waals surface area contributed by atoms with Crippen LogP contribution in [0.5, 0.6) is 0 Å². The lowest BCUT2D eigenvalue weighted by molar-refractivity contribution is -0.305. The molecule has 1 rings (SSSR count). The van der Waals surface area contributed by atoms with E-state index in [1.807, 2.05) is 6.08 Å². The van der Waals surface area contributed by atoms with Crippen LogP contribution in [-0.2, 0) is 23.8 Å². The fraction of sp³-hybridized carbons (Fsp3) is 0.694. The minimum atomic E-state index is -1.64. The third-order valence-electron chi connectivity index (χ3n) is 14.8. The first kappa shape index (κ1) is 77.1. The highest BCUT2D eigenvalue weighted by Gasteiger charge is 2.47. The summed E-state index contributed by atoms with van der Waals surface area (Å²) < 4.78 is 17.6. The van der Waals surface area contributed by atoms with Gasteiger partial charge in [0.25, 0.3) is 0 Å². The van der Waals surface area contributed by atoms with E-state index in [2.05, 4.69) is 135 Å². The maximum absolute atomic E-state index is 13.5. The molecule has 0 aliphatic carbocycles. The molecule has 6 N–H and O–H groups in total. The van der Waals surface area contributed by atoms with Crippen molar-refractivity contribution >= 4 is 11.9 Å². The molecule has 1 amide bonds. The summed E-state index contributed by atoms with van der Waals surface area (Å²) in [5.41, 5.74) is 0. The number of hydrogen-bond donors (Lipinski definition) is 6. The van der Waals surface area contributed by atoms with Crippen molar-refractivity contribution in [3.8, 4) is 0 Å². The van der Waals surface area contributed by atoms with Crippen LogP contribution in [-0.4, -0.2) is 99.6 Å². The van der Waals surface area contributed by atoms with E-state index in [4.69, 9.17) is 14.2 Å². The van der Waals surface area contributed by atoms with Crippen molar-refractivity contribution in [1.29, 1.82) is 0 Å². The molecule has 8 atom stereocenters. The fourth-order valence-corrected chi connectivity index (χ4v) is 9.60. The summed E-state index contributed by atoms with van der Waals surface area (Å²) >= 11 is 0. The molecule has 0 aromatic rings. The normalized spacial score (nSPS) is 19.3. The molecule has 11 heteroatoms. The molecular formula is C72H121NO10. The summed E-state index contributed by atoms with van der Waals surface area (Å²) in [6.45, 7) is 5.63. The van der Waals surface area contributed by atoms with Crippen LogP contribution in [0.2, 0.25) is 0 Å². The first-order valence-corrected chi connectivity index (χ1v) is 33.3. The third kappa shape index (κ3) is 46.0. The Morgan fingerprint density at radius 2 is 0.867 bits per heavy atom. The number of aliphatic hydroxyl groups excluding tert-OH is 5. The van der Waals surface area contributed by atoms with E-state index in [1.165, 1.54) is 77.0 Å². The lowest BCUT2D eigenvalue weighted by Gasteiger charge is -2.41. The predicted octanol–water partition coefficient (Wildman–Crippen LogP) is 16.6.